The first-order valence-corrected chi connectivity index (χ1v) is 9.75. The van der Waals surface area contributed by atoms with Crippen molar-refractivity contribution in [3.63, 3.8) is 0 Å². The fourth-order valence-electron chi connectivity index (χ4n) is 3.13. The summed E-state index contributed by atoms with van der Waals surface area (Å²) in [6.45, 7) is 1.62. The van der Waals surface area contributed by atoms with Gasteiger partial charge in [0.2, 0.25) is 15.9 Å². The molecule has 0 bridgehead atoms. The van der Waals surface area contributed by atoms with Gasteiger partial charge < -0.3 is 9.84 Å². The van der Waals surface area contributed by atoms with Crippen LogP contribution in [0.25, 0.3) is 0 Å². The minimum Gasteiger partial charge on any atom is -0.481 e. The van der Waals surface area contributed by atoms with E-state index in [1.807, 2.05) is 0 Å². The molecule has 26 heavy (non-hydrogen) atoms. The van der Waals surface area contributed by atoms with Gasteiger partial charge in [0.15, 0.2) is 0 Å². The maximum Gasteiger partial charge on any atom is 0.241 e. The Morgan fingerprint density at radius 2 is 2.04 bits per heavy atom. The number of halogens is 1. The smallest absolute Gasteiger partial charge is 0.241 e. The number of rotatable bonds is 6. The minimum atomic E-state index is -3.95. The molecule has 2 N–H and O–H groups in total. The number of methoxy groups -OCH3 is 1. The first kappa shape index (κ1) is 18.8. The Kier molecular flexibility index (Phi) is 5.27. The zero-order valence-electron chi connectivity index (χ0n) is 14.5. The van der Waals surface area contributed by atoms with E-state index in [1.54, 1.807) is 25.3 Å². The predicted octanol–water partition coefficient (Wildman–Crippen LogP) is 2.33. The van der Waals surface area contributed by atoms with Crippen molar-refractivity contribution in [1.82, 2.24) is 9.71 Å². The molecule has 1 aromatic heterocycles. The maximum atomic E-state index is 13.6. The predicted molar refractivity (Wildman–Crippen MR) is 93.7 cm³/mol. The number of aliphatic hydroxyl groups excluding tert-OH is 1. The Balaban J connectivity index is 1.93. The average molecular weight is 380 g/mol. The lowest BCUT2D eigenvalue weighted by molar-refractivity contribution is 0.0279. The molecule has 1 aliphatic rings. The summed E-state index contributed by atoms with van der Waals surface area (Å²) in [7, 11) is -2.45. The highest BCUT2D eigenvalue weighted by molar-refractivity contribution is 7.89. The van der Waals surface area contributed by atoms with Gasteiger partial charge in [-0.3, -0.25) is 0 Å². The van der Waals surface area contributed by atoms with E-state index in [0.717, 1.165) is 6.07 Å². The molecule has 0 spiro atoms. The fraction of sp³-hybridized carbons (Fsp3) is 0.389. The number of aromatic nitrogens is 1. The van der Waals surface area contributed by atoms with Crippen molar-refractivity contribution in [2.75, 3.05) is 7.11 Å². The van der Waals surface area contributed by atoms with Gasteiger partial charge in [0.1, 0.15) is 5.82 Å². The first-order valence-electron chi connectivity index (χ1n) is 8.26. The molecular weight excluding hydrogens is 359 g/mol. The highest BCUT2D eigenvalue weighted by Gasteiger charge is 2.37. The molecule has 1 fully saturated rings. The summed E-state index contributed by atoms with van der Waals surface area (Å²) >= 11 is 0. The number of pyridine rings is 1. The summed E-state index contributed by atoms with van der Waals surface area (Å²) in [5.41, 5.74) is 1.12. The number of nitrogens with zero attached hydrogens (tertiary/aromatic N) is 1. The van der Waals surface area contributed by atoms with Crippen LogP contribution in [-0.4, -0.2) is 31.7 Å². The number of sulfonamides is 1. The number of nitrogens with one attached hydrogen (secondary N) is 1. The second-order valence-corrected chi connectivity index (χ2v) is 8.21. The molecule has 6 nitrogen and oxygen atoms in total. The molecule has 1 heterocycles. The first-order chi connectivity index (χ1) is 12.3. The van der Waals surface area contributed by atoms with Gasteiger partial charge >= 0.3 is 0 Å². The van der Waals surface area contributed by atoms with Crippen molar-refractivity contribution in [3.8, 4) is 5.88 Å². The normalized spacial score (nSPS) is 21.1. The van der Waals surface area contributed by atoms with E-state index in [9.17, 15) is 17.9 Å². The quantitative estimate of drug-likeness (QED) is 0.803. The number of hydrogen-bond donors (Lipinski definition) is 2. The van der Waals surface area contributed by atoms with E-state index in [1.165, 1.54) is 19.2 Å². The summed E-state index contributed by atoms with van der Waals surface area (Å²) in [5.74, 6) is -0.258. The van der Waals surface area contributed by atoms with Crippen molar-refractivity contribution in [2.24, 2.45) is 5.92 Å². The minimum absolute atomic E-state index is 0.0659. The summed E-state index contributed by atoms with van der Waals surface area (Å²) < 4.78 is 47.0. The Morgan fingerprint density at radius 3 is 2.62 bits per heavy atom. The third-order valence-electron chi connectivity index (χ3n) is 4.67. The van der Waals surface area contributed by atoms with E-state index in [2.05, 4.69) is 9.71 Å². The number of benzene rings is 1. The van der Waals surface area contributed by atoms with Gasteiger partial charge in [-0.1, -0.05) is 12.1 Å². The van der Waals surface area contributed by atoms with Crippen LogP contribution in [-0.2, 0) is 10.0 Å². The SMILES string of the molecule is COc1ccc([C@H](NS(=O)(=O)c2cc(F)ccc2C)C2CC(O)C2)cn1. The van der Waals surface area contributed by atoms with Gasteiger partial charge in [-0.05, 0) is 48.9 Å². The maximum absolute atomic E-state index is 13.6. The third kappa shape index (κ3) is 3.87. The van der Waals surface area contributed by atoms with Gasteiger partial charge in [0, 0.05) is 12.3 Å². The molecule has 1 aliphatic carbocycles. The molecule has 8 heteroatoms. The topological polar surface area (TPSA) is 88.5 Å². The molecule has 0 aliphatic heterocycles. The zero-order chi connectivity index (χ0) is 18.9. The van der Waals surface area contributed by atoms with E-state index < -0.39 is 28.0 Å². The van der Waals surface area contributed by atoms with Crippen molar-refractivity contribution < 1.29 is 22.7 Å². The average Bonchev–Trinajstić information content (AvgIpc) is 2.59. The summed E-state index contributed by atoms with van der Waals surface area (Å²) in [4.78, 5) is 4.04. The van der Waals surface area contributed by atoms with Crippen LogP contribution >= 0.6 is 0 Å². The van der Waals surface area contributed by atoms with Crippen LogP contribution in [0, 0.1) is 18.7 Å². The van der Waals surface area contributed by atoms with Crippen molar-refractivity contribution >= 4 is 10.0 Å². The third-order valence-corrected chi connectivity index (χ3v) is 6.25. The molecule has 0 saturated heterocycles. The lowest BCUT2D eigenvalue weighted by Gasteiger charge is -2.38. The second-order valence-electron chi connectivity index (χ2n) is 6.53. The Labute approximate surface area is 152 Å². The molecule has 1 saturated carbocycles. The van der Waals surface area contributed by atoms with Gasteiger partial charge in [-0.25, -0.2) is 22.5 Å². The Hall–Kier alpha value is -2.03. The molecule has 2 aromatic rings. The number of ether oxygens (including phenoxy) is 1. The summed E-state index contributed by atoms with van der Waals surface area (Å²) in [5, 5.41) is 9.63. The summed E-state index contributed by atoms with van der Waals surface area (Å²) in [6, 6.07) is 6.49. The van der Waals surface area contributed by atoms with Gasteiger partial charge in [0.25, 0.3) is 0 Å². The van der Waals surface area contributed by atoms with Crippen molar-refractivity contribution in [3.05, 3.63) is 53.5 Å². The Bertz CT molecular complexity index is 881. The van der Waals surface area contributed by atoms with Crippen LogP contribution < -0.4 is 9.46 Å². The highest BCUT2D eigenvalue weighted by atomic mass is 32.2. The van der Waals surface area contributed by atoms with Gasteiger partial charge in [-0.15, -0.1) is 0 Å². The second kappa shape index (κ2) is 7.30. The van der Waals surface area contributed by atoms with E-state index in [4.69, 9.17) is 4.74 Å². The number of aryl methyl sites for hydroxylation is 1. The zero-order valence-corrected chi connectivity index (χ0v) is 15.3. The molecule has 140 valence electrons. The van der Waals surface area contributed by atoms with Crippen LogP contribution in [0.5, 0.6) is 5.88 Å². The molecule has 3 rings (SSSR count). The van der Waals surface area contributed by atoms with Crippen LogP contribution in [0.3, 0.4) is 0 Å². The van der Waals surface area contributed by atoms with Gasteiger partial charge in [0.05, 0.1) is 24.2 Å². The largest absolute Gasteiger partial charge is 0.481 e. The van der Waals surface area contributed by atoms with Crippen molar-refractivity contribution in [1.29, 1.82) is 0 Å². The molecule has 0 unspecified atom stereocenters. The molecule has 1 atom stereocenters. The fourth-order valence-corrected chi connectivity index (χ4v) is 4.68. The van der Waals surface area contributed by atoms with Crippen LogP contribution in [0.2, 0.25) is 0 Å². The standard InChI is InChI=1S/C18H21FN2O4S/c1-11-3-5-14(19)9-16(11)26(23,24)21-18(13-7-15(22)8-13)12-4-6-17(25-2)20-10-12/h3-6,9-10,13,15,18,21-22H,7-8H2,1-2H3/t13?,15?,18-/m0/s1. The van der Waals surface area contributed by atoms with Crippen LogP contribution in [0.15, 0.2) is 41.4 Å². The highest BCUT2D eigenvalue weighted by Crippen LogP contribution is 2.39. The Morgan fingerprint density at radius 1 is 1.31 bits per heavy atom. The van der Waals surface area contributed by atoms with Crippen LogP contribution in [0.4, 0.5) is 4.39 Å². The monoisotopic (exact) mass is 380 g/mol. The molecule has 0 radical (unpaired) electrons. The molecular formula is C18H21FN2O4S. The lowest BCUT2D eigenvalue weighted by atomic mass is 9.76. The van der Waals surface area contributed by atoms with E-state index in [-0.39, 0.29) is 10.8 Å². The van der Waals surface area contributed by atoms with E-state index >= 15 is 0 Å². The number of aliphatic hydroxyl groups is 1. The van der Waals surface area contributed by atoms with Crippen LogP contribution in [0.1, 0.15) is 30.0 Å². The van der Waals surface area contributed by atoms with Gasteiger partial charge in [-0.2, -0.15) is 0 Å². The van der Waals surface area contributed by atoms with Crippen molar-refractivity contribution in [2.45, 2.75) is 36.8 Å². The molecule has 0 amide bonds. The summed E-state index contributed by atoms with van der Waals surface area (Å²) in [6.07, 6.45) is 2.09. The van der Waals surface area contributed by atoms with E-state index in [0.29, 0.717) is 29.8 Å². The number of hydrogen-bond acceptors (Lipinski definition) is 5. The lowest BCUT2D eigenvalue weighted by Crippen LogP contribution is -2.41. The molecule has 1 aromatic carbocycles.